The predicted octanol–water partition coefficient (Wildman–Crippen LogP) is 6.17. The third-order valence-corrected chi connectivity index (χ3v) is 5.22. The fourth-order valence-electron chi connectivity index (χ4n) is 3.74. The molecule has 0 aliphatic heterocycles. The number of aromatic nitrogens is 1. The minimum absolute atomic E-state index is 0.298. The summed E-state index contributed by atoms with van der Waals surface area (Å²) in [5, 5.41) is 2.32. The molecule has 4 nitrogen and oxygen atoms in total. The molecule has 0 atom stereocenters. The minimum Gasteiger partial charge on any atom is -0.462 e. The summed E-state index contributed by atoms with van der Waals surface area (Å²) < 4.78 is 7.23. The number of ether oxygens (including phenoxy) is 1. The van der Waals surface area contributed by atoms with Crippen LogP contribution in [-0.2, 0) is 4.74 Å². The zero-order valence-corrected chi connectivity index (χ0v) is 17.4. The number of hydrogen-bond acceptors (Lipinski definition) is 3. The van der Waals surface area contributed by atoms with Crippen LogP contribution in [0.1, 0.15) is 34.2 Å². The van der Waals surface area contributed by atoms with Gasteiger partial charge in [0.1, 0.15) is 0 Å². The maximum absolute atomic E-state index is 11.9. The summed E-state index contributed by atoms with van der Waals surface area (Å²) in [6, 6.07) is 24.0. The van der Waals surface area contributed by atoms with Gasteiger partial charge in [-0.3, -0.25) is 4.99 Å². The lowest BCUT2D eigenvalue weighted by atomic mass is 10.1. The van der Waals surface area contributed by atoms with E-state index in [2.05, 4.69) is 42.7 Å². The van der Waals surface area contributed by atoms with Crippen LogP contribution in [0.3, 0.4) is 0 Å². The molecule has 4 heteroatoms. The molecule has 0 amide bonds. The molecule has 0 radical (unpaired) electrons. The number of aryl methyl sites for hydroxylation is 1. The van der Waals surface area contributed by atoms with Gasteiger partial charge in [-0.15, -0.1) is 0 Å². The van der Waals surface area contributed by atoms with Crippen LogP contribution in [-0.4, -0.2) is 23.4 Å². The molecule has 0 bridgehead atoms. The molecule has 0 unspecified atom stereocenters. The van der Waals surface area contributed by atoms with E-state index in [1.807, 2.05) is 42.6 Å². The van der Waals surface area contributed by atoms with E-state index in [1.54, 1.807) is 19.1 Å². The molecule has 1 aromatic heterocycles. The van der Waals surface area contributed by atoms with Crippen molar-refractivity contribution in [1.82, 2.24) is 4.57 Å². The fraction of sp³-hybridized carbons (Fsp3) is 0.154. The van der Waals surface area contributed by atoms with E-state index >= 15 is 0 Å². The second kappa shape index (κ2) is 8.37. The molecule has 0 spiro atoms. The van der Waals surface area contributed by atoms with Crippen molar-refractivity contribution in [2.75, 3.05) is 6.61 Å². The number of benzene rings is 3. The Morgan fingerprint density at radius 2 is 1.73 bits per heavy atom. The Kier molecular flexibility index (Phi) is 5.48. The molecule has 1 heterocycles. The second-order valence-corrected chi connectivity index (χ2v) is 7.19. The number of fused-ring (bicyclic) bond motifs is 1. The van der Waals surface area contributed by atoms with Gasteiger partial charge in [-0.2, -0.15) is 0 Å². The Balaban J connectivity index is 1.65. The van der Waals surface area contributed by atoms with Crippen LogP contribution < -0.4 is 0 Å². The van der Waals surface area contributed by atoms with E-state index in [0.29, 0.717) is 12.2 Å². The average Bonchev–Trinajstić information content (AvgIpc) is 3.05. The van der Waals surface area contributed by atoms with E-state index in [-0.39, 0.29) is 5.97 Å². The average molecular weight is 396 g/mol. The number of esters is 1. The van der Waals surface area contributed by atoms with Crippen molar-refractivity contribution in [2.45, 2.75) is 20.8 Å². The molecular weight excluding hydrogens is 372 g/mol. The lowest BCUT2D eigenvalue weighted by Gasteiger charge is -2.10. The van der Waals surface area contributed by atoms with Gasteiger partial charge >= 0.3 is 5.97 Å². The van der Waals surface area contributed by atoms with Crippen LogP contribution in [0, 0.1) is 13.8 Å². The maximum atomic E-state index is 11.9. The molecule has 4 rings (SSSR count). The van der Waals surface area contributed by atoms with Gasteiger partial charge in [0, 0.05) is 34.2 Å². The number of carbonyl (C=O) groups excluding carboxylic acids is 1. The molecule has 30 heavy (non-hydrogen) atoms. The van der Waals surface area contributed by atoms with Crippen molar-refractivity contribution < 1.29 is 9.53 Å². The van der Waals surface area contributed by atoms with E-state index < -0.39 is 0 Å². The predicted molar refractivity (Wildman–Crippen MR) is 122 cm³/mol. The van der Waals surface area contributed by atoms with Gasteiger partial charge in [0.15, 0.2) is 0 Å². The van der Waals surface area contributed by atoms with Crippen LogP contribution in [0.4, 0.5) is 5.69 Å². The van der Waals surface area contributed by atoms with Crippen molar-refractivity contribution >= 4 is 28.6 Å². The number of nitrogens with zero attached hydrogens (tertiary/aromatic N) is 2. The number of carbonyl (C=O) groups is 1. The zero-order chi connectivity index (χ0) is 21.1. The topological polar surface area (TPSA) is 43.6 Å². The molecule has 150 valence electrons. The van der Waals surface area contributed by atoms with E-state index in [1.165, 1.54) is 5.39 Å². The summed E-state index contributed by atoms with van der Waals surface area (Å²) in [5.74, 6) is -0.298. The second-order valence-electron chi connectivity index (χ2n) is 7.19. The summed E-state index contributed by atoms with van der Waals surface area (Å²) in [7, 11) is 0. The van der Waals surface area contributed by atoms with E-state index in [4.69, 9.17) is 9.73 Å². The Hall–Kier alpha value is -3.66. The summed E-state index contributed by atoms with van der Waals surface area (Å²) >= 11 is 0. The van der Waals surface area contributed by atoms with Gasteiger partial charge in [0.25, 0.3) is 0 Å². The highest BCUT2D eigenvalue weighted by Crippen LogP contribution is 2.26. The van der Waals surface area contributed by atoms with E-state index in [0.717, 1.165) is 33.7 Å². The Morgan fingerprint density at radius 1 is 1.00 bits per heavy atom. The SMILES string of the molecule is CCOC(=O)c1ccc(-n2c(C)cc(C=Nc3cccc4ccccc34)c2C)cc1. The van der Waals surface area contributed by atoms with Crippen molar-refractivity contribution in [3.63, 3.8) is 0 Å². The van der Waals surface area contributed by atoms with Crippen molar-refractivity contribution in [3.8, 4) is 5.69 Å². The summed E-state index contributed by atoms with van der Waals surface area (Å²) in [6.07, 6.45) is 1.92. The van der Waals surface area contributed by atoms with Gasteiger partial charge in [0.05, 0.1) is 17.9 Å². The first-order valence-electron chi connectivity index (χ1n) is 10.1. The summed E-state index contributed by atoms with van der Waals surface area (Å²) in [5.41, 5.74) is 5.78. The first-order chi connectivity index (χ1) is 14.6. The molecule has 0 saturated carbocycles. The van der Waals surface area contributed by atoms with E-state index in [9.17, 15) is 4.79 Å². The largest absolute Gasteiger partial charge is 0.462 e. The van der Waals surface area contributed by atoms with Gasteiger partial charge in [-0.05, 0) is 62.6 Å². The molecular formula is C26H24N2O2. The van der Waals surface area contributed by atoms with Gasteiger partial charge < -0.3 is 9.30 Å². The first-order valence-corrected chi connectivity index (χ1v) is 10.1. The Morgan fingerprint density at radius 3 is 2.50 bits per heavy atom. The van der Waals surface area contributed by atoms with Crippen LogP contribution in [0.2, 0.25) is 0 Å². The smallest absolute Gasteiger partial charge is 0.338 e. The molecule has 0 fully saturated rings. The highest BCUT2D eigenvalue weighted by atomic mass is 16.5. The lowest BCUT2D eigenvalue weighted by molar-refractivity contribution is 0.0526. The standard InChI is InChI=1S/C26H24N2O2/c1-4-30-26(29)21-12-14-23(15-13-21)28-18(2)16-22(19(28)3)17-27-25-11-7-9-20-8-5-6-10-24(20)25/h5-17H,4H2,1-3H3. The quantitative estimate of drug-likeness (QED) is 0.299. The van der Waals surface area contributed by atoms with Crippen LogP contribution in [0.25, 0.3) is 16.5 Å². The molecule has 0 aliphatic carbocycles. The molecule has 0 aliphatic rings. The van der Waals surface area contributed by atoms with Gasteiger partial charge in [-0.25, -0.2) is 4.79 Å². The monoisotopic (exact) mass is 396 g/mol. The number of rotatable bonds is 5. The maximum Gasteiger partial charge on any atom is 0.338 e. The molecule has 0 N–H and O–H groups in total. The first kappa shape index (κ1) is 19.6. The highest BCUT2D eigenvalue weighted by Gasteiger charge is 2.11. The van der Waals surface area contributed by atoms with Crippen molar-refractivity contribution in [2.24, 2.45) is 4.99 Å². The van der Waals surface area contributed by atoms with Crippen molar-refractivity contribution in [3.05, 3.63) is 95.3 Å². The summed E-state index contributed by atoms with van der Waals surface area (Å²) in [6.45, 7) is 6.33. The zero-order valence-electron chi connectivity index (χ0n) is 17.4. The molecule has 3 aromatic carbocycles. The normalized spacial score (nSPS) is 11.3. The minimum atomic E-state index is -0.298. The lowest BCUT2D eigenvalue weighted by Crippen LogP contribution is -2.05. The van der Waals surface area contributed by atoms with Gasteiger partial charge in [-0.1, -0.05) is 36.4 Å². The molecule has 4 aromatic rings. The highest BCUT2D eigenvalue weighted by molar-refractivity contribution is 5.95. The third kappa shape index (κ3) is 3.77. The number of aliphatic imine (C=N–C) groups is 1. The number of hydrogen-bond donors (Lipinski definition) is 0. The van der Waals surface area contributed by atoms with Crippen LogP contribution in [0.15, 0.2) is 77.8 Å². The van der Waals surface area contributed by atoms with Gasteiger partial charge in [0.2, 0.25) is 0 Å². The van der Waals surface area contributed by atoms with Crippen LogP contribution in [0.5, 0.6) is 0 Å². The Labute approximate surface area is 176 Å². The molecule has 0 saturated heterocycles. The van der Waals surface area contributed by atoms with Crippen molar-refractivity contribution in [1.29, 1.82) is 0 Å². The summed E-state index contributed by atoms with van der Waals surface area (Å²) in [4.78, 5) is 16.7. The Bertz CT molecular complexity index is 1230. The fourth-order valence-corrected chi connectivity index (χ4v) is 3.74. The third-order valence-electron chi connectivity index (χ3n) is 5.22. The van der Waals surface area contributed by atoms with Crippen LogP contribution >= 0.6 is 0 Å².